The van der Waals surface area contributed by atoms with E-state index in [9.17, 15) is 27.8 Å². The van der Waals surface area contributed by atoms with Gasteiger partial charge < -0.3 is 4.90 Å². The molecule has 3 aliphatic heterocycles. The monoisotopic (exact) mass is 466 g/mol. The van der Waals surface area contributed by atoms with Gasteiger partial charge in [0.15, 0.2) is 0 Å². The van der Waals surface area contributed by atoms with Gasteiger partial charge in [0.05, 0.1) is 48.6 Å². The molecule has 3 aliphatic rings. The number of nitroso groups, excluding NO2 is 2. The molecule has 3 fully saturated rings. The fourth-order valence-electron chi connectivity index (χ4n) is 5.21. The van der Waals surface area contributed by atoms with Crippen LogP contribution < -0.4 is 5.32 Å². The maximum absolute atomic E-state index is 13.4. The van der Waals surface area contributed by atoms with Crippen LogP contribution in [-0.2, 0) is 11.0 Å². The van der Waals surface area contributed by atoms with Crippen molar-refractivity contribution in [1.29, 1.82) is 5.26 Å². The molecule has 5 atom stereocenters. The van der Waals surface area contributed by atoms with Crippen LogP contribution in [0.4, 0.5) is 13.2 Å². The highest BCUT2D eigenvalue weighted by atomic mass is 19.4. The first-order chi connectivity index (χ1) is 15.6. The fourth-order valence-corrected chi connectivity index (χ4v) is 5.21. The van der Waals surface area contributed by atoms with Crippen LogP contribution in [-0.4, -0.2) is 70.3 Å². The van der Waals surface area contributed by atoms with Crippen molar-refractivity contribution >= 4 is 5.91 Å². The lowest BCUT2D eigenvalue weighted by Crippen LogP contribution is -2.66. The molecule has 1 N–H and O–H groups in total. The lowest BCUT2D eigenvalue weighted by Gasteiger charge is -2.42. The number of nitrogens with zero attached hydrogens (tertiary/aromatic N) is 5. The number of benzene rings is 1. The number of amides is 1. The molecule has 1 amide bonds. The van der Waals surface area contributed by atoms with Crippen LogP contribution in [0, 0.1) is 27.1 Å². The number of alkyl halides is 3. The Hall–Kier alpha value is -3.07. The number of fused-ring (bicyclic) bond motifs is 1. The van der Waals surface area contributed by atoms with E-state index in [-0.39, 0.29) is 30.8 Å². The summed E-state index contributed by atoms with van der Waals surface area (Å²) in [6.07, 6.45) is -4.69. The lowest BCUT2D eigenvalue weighted by atomic mass is 9.78. The Balaban J connectivity index is 1.65. The highest BCUT2D eigenvalue weighted by Gasteiger charge is 2.59. The van der Waals surface area contributed by atoms with Gasteiger partial charge in [0.1, 0.15) is 11.3 Å². The SMILES string of the molecule is CN1CCC(C2NC(c3ccc(C(F)(F)F)cc3)[N+](=O)C3CN(C(=O)CC#N)CCC23)[N+]1=O. The molecule has 1 aromatic carbocycles. The standard InChI is InChI=1S/C21H25F3N6O3/c1-27-10-8-16(30(27)33)19-15-7-11-28(18(31)6-9-25)12-17(15)29(32)20(26-19)13-2-4-14(5-3-13)21(22,23)24/h2-5,15-17,19-20,26H,6-8,10-12H2,1H3/q+2. The molecule has 5 unspecified atom stereocenters. The number of likely N-dealkylation sites (tertiary alicyclic amines) is 1. The number of nitrogens with one attached hydrogen (secondary N) is 1. The quantitative estimate of drug-likeness (QED) is 0.684. The molecule has 176 valence electrons. The van der Waals surface area contributed by atoms with Crippen LogP contribution in [0.2, 0.25) is 0 Å². The van der Waals surface area contributed by atoms with Gasteiger partial charge in [0, 0.05) is 28.2 Å². The van der Waals surface area contributed by atoms with Crippen LogP contribution in [0.5, 0.6) is 0 Å². The zero-order chi connectivity index (χ0) is 23.9. The highest BCUT2D eigenvalue weighted by molar-refractivity contribution is 5.78. The molecule has 4 rings (SSSR count). The van der Waals surface area contributed by atoms with E-state index in [0.717, 1.165) is 21.8 Å². The van der Waals surface area contributed by atoms with Crippen molar-refractivity contribution in [1.82, 2.24) is 15.2 Å². The van der Waals surface area contributed by atoms with E-state index in [1.807, 2.05) is 6.07 Å². The topological polar surface area (TPSA) is 99.5 Å². The van der Waals surface area contributed by atoms with Crippen molar-refractivity contribution in [3.8, 4) is 6.07 Å². The lowest BCUT2D eigenvalue weighted by molar-refractivity contribution is -0.717. The van der Waals surface area contributed by atoms with Gasteiger partial charge in [-0.15, -0.1) is 5.01 Å². The number of piperidine rings is 1. The first-order valence-electron chi connectivity index (χ1n) is 10.8. The minimum atomic E-state index is -4.49. The van der Waals surface area contributed by atoms with Crippen molar-refractivity contribution in [2.24, 2.45) is 5.92 Å². The molecular weight excluding hydrogens is 441 g/mol. The van der Waals surface area contributed by atoms with Gasteiger partial charge in [-0.2, -0.15) is 18.4 Å². The molecule has 0 radical (unpaired) electrons. The minimum Gasteiger partial charge on any atom is -0.335 e. The number of hydrogen-bond acceptors (Lipinski definition) is 5. The van der Waals surface area contributed by atoms with Crippen LogP contribution in [0.1, 0.15) is 36.6 Å². The molecule has 9 nitrogen and oxygen atoms in total. The number of hydrogen-bond donors (Lipinski definition) is 1. The van der Waals surface area contributed by atoms with Crippen molar-refractivity contribution in [2.45, 2.75) is 49.7 Å². The van der Waals surface area contributed by atoms with E-state index in [2.05, 4.69) is 5.32 Å². The molecule has 33 heavy (non-hydrogen) atoms. The predicted molar refractivity (Wildman–Crippen MR) is 108 cm³/mol. The number of nitriles is 1. The maximum atomic E-state index is 13.4. The largest absolute Gasteiger partial charge is 0.416 e. The molecule has 3 heterocycles. The van der Waals surface area contributed by atoms with Crippen LogP contribution >= 0.6 is 0 Å². The third kappa shape index (κ3) is 4.29. The first kappa shape index (κ1) is 23.1. The molecule has 1 aromatic rings. The number of carbonyl (C=O) groups is 1. The van der Waals surface area contributed by atoms with Gasteiger partial charge in [0.2, 0.25) is 11.9 Å². The summed E-state index contributed by atoms with van der Waals surface area (Å²) in [5.41, 5.74) is -0.464. The van der Waals surface area contributed by atoms with Gasteiger partial charge in [-0.05, 0) is 18.6 Å². The Kier molecular flexibility index (Phi) is 6.09. The second-order valence-corrected chi connectivity index (χ2v) is 8.81. The van der Waals surface area contributed by atoms with Crippen LogP contribution in [0.25, 0.3) is 0 Å². The molecule has 0 spiro atoms. The number of rotatable bonds is 3. The average molecular weight is 466 g/mol. The molecule has 0 aromatic heterocycles. The second kappa shape index (κ2) is 8.70. The van der Waals surface area contributed by atoms with E-state index in [1.165, 1.54) is 17.0 Å². The molecular formula is C21H25F3N6O3+2. The Bertz CT molecular complexity index is 992. The van der Waals surface area contributed by atoms with Gasteiger partial charge in [0.25, 0.3) is 12.2 Å². The average Bonchev–Trinajstić information content (AvgIpc) is 3.12. The summed E-state index contributed by atoms with van der Waals surface area (Å²) in [6.45, 7) is 1.04. The zero-order valence-electron chi connectivity index (χ0n) is 18.0. The third-order valence-electron chi connectivity index (χ3n) is 6.95. The van der Waals surface area contributed by atoms with Gasteiger partial charge in [-0.25, -0.2) is 5.32 Å². The van der Waals surface area contributed by atoms with Crippen molar-refractivity contribution in [3.63, 3.8) is 0 Å². The van der Waals surface area contributed by atoms with E-state index >= 15 is 0 Å². The Morgan fingerprint density at radius 2 is 1.88 bits per heavy atom. The Morgan fingerprint density at radius 1 is 1.18 bits per heavy atom. The van der Waals surface area contributed by atoms with Crippen molar-refractivity contribution < 1.29 is 27.6 Å². The summed E-state index contributed by atoms with van der Waals surface area (Å²) in [4.78, 5) is 40.8. The second-order valence-electron chi connectivity index (χ2n) is 8.81. The van der Waals surface area contributed by atoms with Gasteiger partial charge >= 0.3 is 6.18 Å². The summed E-state index contributed by atoms with van der Waals surface area (Å²) < 4.78 is 39.8. The third-order valence-corrected chi connectivity index (χ3v) is 6.95. The van der Waals surface area contributed by atoms with E-state index in [0.29, 0.717) is 31.5 Å². The minimum absolute atomic E-state index is 0.103. The zero-order valence-corrected chi connectivity index (χ0v) is 18.0. The Morgan fingerprint density at radius 3 is 2.45 bits per heavy atom. The van der Waals surface area contributed by atoms with Crippen LogP contribution in [0.3, 0.4) is 0 Å². The van der Waals surface area contributed by atoms with Crippen molar-refractivity contribution in [3.05, 3.63) is 45.2 Å². The van der Waals surface area contributed by atoms with E-state index in [4.69, 9.17) is 5.26 Å². The maximum Gasteiger partial charge on any atom is 0.416 e. The predicted octanol–water partition coefficient (Wildman–Crippen LogP) is 1.98. The van der Waals surface area contributed by atoms with Gasteiger partial charge in [-0.1, -0.05) is 12.1 Å². The van der Waals surface area contributed by atoms with Crippen LogP contribution in [0.15, 0.2) is 24.3 Å². The summed E-state index contributed by atoms with van der Waals surface area (Å²) in [6, 6.07) is 4.73. The molecule has 3 saturated heterocycles. The molecule has 0 bridgehead atoms. The summed E-state index contributed by atoms with van der Waals surface area (Å²) in [7, 11) is 1.68. The smallest absolute Gasteiger partial charge is 0.335 e. The van der Waals surface area contributed by atoms with E-state index < -0.39 is 30.0 Å². The normalized spacial score (nSPS) is 30.2. The molecule has 0 saturated carbocycles. The number of carbonyl (C=O) groups excluding carboxylic acids is 1. The van der Waals surface area contributed by atoms with Crippen molar-refractivity contribution in [2.75, 3.05) is 26.7 Å². The summed E-state index contributed by atoms with van der Waals surface area (Å²) in [5.74, 6) is -0.594. The fraction of sp³-hybridized carbons (Fsp3) is 0.619. The first-order valence-corrected chi connectivity index (χ1v) is 10.8. The summed E-state index contributed by atoms with van der Waals surface area (Å²) in [5, 5.41) is 13.7. The molecule has 12 heteroatoms. The summed E-state index contributed by atoms with van der Waals surface area (Å²) >= 11 is 0. The van der Waals surface area contributed by atoms with E-state index in [1.54, 1.807) is 12.1 Å². The molecule has 0 aliphatic carbocycles. The van der Waals surface area contributed by atoms with Gasteiger partial charge in [-0.3, -0.25) is 4.79 Å². The Labute approximate surface area is 188 Å². The highest BCUT2D eigenvalue weighted by Crippen LogP contribution is 2.37. The number of hydrazine groups is 1. The number of halogens is 3.